The molecule has 0 aromatic heterocycles. The van der Waals surface area contributed by atoms with Crippen molar-refractivity contribution in [3.05, 3.63) is 29.3 Å². The number of anilines is 1. The monoisotopic (exact) mass is 267 g/mol. The van der Waals surface area contributed by atoms with Gasteiger partial charge >= 0.3 is 0 Å². The molecule has 1 saturated heterocycles. The van der Waals surface area contributed by atoms with Crippen molar-refractivity contribution in [3.8, 4) is 0 Å². The van der Waals surface area contributed by atoms with Crippen molar-refractivity contribution in [1.82, 2.24) is 0 Å². The van der Waals surface area contributed by atoms with Crippen LogP contribution in [0.2, 0.25) is 0 Å². The molecular weight excluding hydrogens is 244 g/mol. The first-order chi connectivity index (χ1) is 8.79. The highest BCUT2D eigenvalue weighted by Crippen LogP contribution is 2.36. The Balaban J connectivity index is 2.14. The molecule has 3 heteroatoms. The zero-order valence-corrected chi connectivity index (χ0v) is 12.3. The molecule has 0 atom stereocenters. The standard InChI is InChI=1S/C16H23F2N/c1-11-9-13(17)15(14(18)10-11)19-7-5-12(6-8-19)16(2,3)4/h9-10,12H,5-8H2,1-4H3. The largest absolute Gasteiger partial charge is 0.367 e. The fourth-order valence-corrected chi connectivity index (χ4v) is 2.96. The number of benzene rings is 1. The van der Waals surface area contributed by atoms with Gasteiger partial charge in [-0.2, -0.15) is 0 Å². The normalized spacial score (nSPS) is 17.9. The van der Waals surface area contributed by atoms with Gasteiger partial charge in [0.1, 0.15) is 17.3 Å². The molecule has 1 nitrogen and oxygen atoms in total. The fourth-order valence-electron chi connectivity index (χ4n) is 2.96. The van der Waals surface area contributed by atoms with Crippen LogP contribution >= 0.6 is 0 Å². The van der Waals surface area contributed by atoms with Gasteiger partial charge in [-0.05, 0) is 48.8 Å². The molecule has 1 aliphatic rings. The highest BCUT2D eigenvalue weighted by atomic mass is 19.1. The van der Waals surface area contributed by atoms with Gasteiger partial charge in [0.05, 0.1) is 0 Å². The first-order valence-electron chi connectivity index (χ1n) is 6.99. The average Bonchev–Trinajstić information content (AvgIpc) is 2.27. The molecule has 1 aromatic rings. The summed E-state index contributed by atoms with van der Waals surface area (Å²) < 4.78 is 27.9. The predicted octanol–water partition coefficient (Wildman–Crippen LogP) is 4.54. The van der Waals surface area contributed by atoms with Crippen LogP contribution in [0.4, 0.5) is 14.5 Å². The molecule has 1 heterocycles. The van der Waals surface area contributed by atoms with E-state index in [0.717, 1.165) is 25.9 Å². The van der Waals surface area contributed by atoms with E-state index in [2.05, 4.69) is 20.8 Å². The summed E-state index contributed by atoms with van der Waals surface area (Å²) in [6.07, 6.45) is 1.99. The Hall–Kier alpha value is -1.12. The summed E-state index contributed by atoms with van der Waals surface area (Å²) in [5.74, 6) is -0.251. The summed E-state index contributed by atoms with van der Waals surface area (Å²) in [6.45, 7) is 9.89. The van der Waals surface area contributed by atoms with Gasteiger partial charge in [0.25, 0.3) is 0 Å². The van der Waals surface area contributed by atoms with Gasteiger partial charge < -0.3 is 4.90 Å². The van der Waals surface area contributed by atoms with E-state index in [4.69, 9.17) is 0 Å². The number of aryl methyl sites for hydroxylation is 1. The van der Waals surface area contributed by atoms with Gasteiger partial charge in [-0.3, -0.25) is 0 Å². The van der Waals surface area contributed by atoms with Crippen LogP contribution in [-0.4, -0.2) is 13.1 Å². The molecule has 0 spiro atoms. The summed E-state index contributed by atoms with van der Waals surface area (Å²) >= 11 is 0. The number of hydrogen-bond acceptors (Lipinski definition) is 1. The average molecular weight is 267 g/mol. The van der Waals surface area contributed by atoms with Crippen LogP contribution in [0, 0.1) is 29.9 Å². The van der Waals surface area contributed by atoms with Crippen LogP contribution in [0.25, 0.3) is 0 Å². The van der Waals surface area contributed by atoms with Gasteiger partial charge in [-0.15, -0.1) is 0 Å². The van der Waals surface area contributed by atoms with E-state index in [1.807, 2.05) is 4.90 Å². The predicted molar refractivity (Wildman–Crippen MR) is 75.5 cm³/mol. The zero-order chi connectivity index (χ0) is 14.2. The minimum atomic E-state index is -0.438. The maximum Gasteiger partial charge on any atom is 0.149 e. The van der Waals surface area contributed by atoms with Crippen LogP contribution in [-0.2, 0) is 0 Å². The van der Waals surface area contributed by atoms with E-state index in [9.17, 15) is 8.78 Å². The third-order valence-corrected chi connectivity index (χ3v) is 4.20. The Labute approximate surface area is 114 Å². The lowest BCUT2D eigenvalue weighted by Gasteiger charge is -2.39. The highest BCUT2D eigenvalue weighted by molar-refractivity contribution is 5.50. The maximum atomic E-state index is 13.9. The van der Waals surface area contributed by atoms with E-state index in [-0.39, 0.29) is 11.1 Å². The van der Waals surface area contributed by atoms with Crippen LogP contribution in [0.15, 0.2) is 12.1 Å². The molecule has 1 aliphatic heterocycles. The summed E-state index contributed by atoms with van der Waals surface area (Å²) in [6, 6.07) is 2.82. The Kier molecular flexibility index (Phi) is 3.84. The Morgan fingerprint density at radius 3 is 1.95 bits per heavy atom. The number of hydrogen-bond donors (Lipinski definition) is 0. The number of halogens is 2. The smallest absolute Gasteiger partial charge is 0.149 e. The topological polar surface area (TPSA) is 3.24 Å². The molecule has 19 heavy (non-hydrogen) atoms. The minimum absolute atomic E-state index is 0.151. The molecule has 0 radical (unpaired) electrons. The number of nitrogens with zero attached hydrogens (tertiary/aromatic N) is 1. The summed E-state index contributed by atoms with van der Waals surface area (Å²) in [5.41, 5.74) is 1.05. The van der Waals surface area contributed by atoms with Crippen molar-refractivity contribution in [2.75, 3.05) is 18.0 Å². The lowest BCUT2D eigenvalue weighted by molar-refractivity contribution is 0.198. The van der Waals surface area contributed by atoms with Crippen LogP contribution in [0.3, 0.4) is 0 Å². The molecule has 106 valence electrons. The molecule has 0 bridgehead atoms. The van der Waals surface area contributed by atoms with Gasteiger partial charge in [0, 0.05) is 13.1 Å². The second-order valence-electron chi connectivity index (χ2n) is 6.70. The van der Waals surface area contributed by atoms with E-state index < -0.39 is 11.6 Å². The maximum absolute atomic E-state index is 13.9. The minimum Gasteiger partial charge on any atom is -0.367 e. The van der Waals surface area contributed by atoms with E-state index >= 15 is 0 Å². The van der Waals surface area contributed by atoms with Crippen molar-refractivity contribution in [2.45, 2.75) is 40.5 Å². The molecule has 1 fully saturated rings. The summed E-state index contributed by atoms with van der Waals surface area (Å²) in [4.78, 5) is 1.85. The van der Waals surface area contributed by atoms with Gasteiger partial charge in [-0.1, -0.05) is 20.8 Å². The SMILES string of the molecule is Cc1cc(F)c(N2CCC(C(C)(C)C)CC2)c(F)c1. The lowest BCUT2D eigenvalue weighted by atomic mass is 9.75. The molecule has 1 aromatic carbocycles. The molecule has 0 N–H and O–H groups in total. The van der Waals surface area contributed by atoms with Crippen molar-refractivity contribution < 1.29 is 8.78 Å². The Morgan fingerprint density at radius 1 is 1.05 bits per heavy atom. The fraction of sp³-hybridized carbons (Fsp3) is 0.625. The first-order valence-corrected chi connectivity index (χ1v) is 6.99. The van der Waals surface area contributed by atoms with Crippen molar-refractivity contribution in [3.63, 3.8) is 0 Å². The molecule has 2 rings (SSSR count). The zero-order valence-electron chi connectivity index (χ0n) is 12.3. The van der Waals surface area contributed by atoms with Gasteiger partial charge in [0.15, 0.2) is 0 Å². The van der Waals surface area contributed by atoms with E-state index in [0.29, 0.717) is 11.5 Å². The highest BCUT2D eigenvalue weighted by Gasteiger charge is 2.30. The number of piperidine rings is 1. The Morgan fingerprint density at radius 2 is 1.53 bits per heavy atom. The summed E-state index contributed by atoms with van der Waals surface area (Å²) in [7, 11) is 0. The molecular formula is C16H23F2N. The quantitative estimate of drug-likeness (QED) is 0.722. The van der Waals surface area contributed by atoms with Crippen LogP contribution < -0.4 is 4.90 Å². The molecule has 0 aliphatic carbocycles. The van der Waals surface area contributed by atoms with Crippen LogP contribution in [0.5, 0.6) is 0 Å². The van der Waals surface area contributed by atoms with E-state index in [1.54, 1.807) is 6.92 Å². The van der Waals surface area contributed by atoms with Crippen molar-refractivity contribution in [2.24, 2.45) is 11.3 Å². The van der Waals surface area contributed by atoms with Crippen LogP contribution in [0.1, 0.15) is 39.2 Å². The van der Waals surface area contributed by atoms with Crippen molar-refractivity contribution in [1.29, 1.82) is 0 Å². The third-order valence-electron chi connectivity index (χ3n) is 4.20. The molecule has 0 amide bonds. The molecule has 0 unspecified atom stereocenters. The van der Waals surface area contributed by atoms with Gasteiger partial charge in [-0.25, -0.2) is 8.78 Å². The van der Waals surface area contributed by atoms with Crippen molar-refractivity contribution >= 4 is 5.69 Å². The second-order valence-corrected chi connectivity index (χ2v) is 6.70. The third kappa shape index (κ3) is 3.07. The lowest BCUT2D eigenvalue weighted by Crippen LogP contribution is -2.38. The molecule has 0 saturated carbocycles. The second kappa shape index (κ2) is 5.10. The Bertz CT molecular complexity index is 431. The first kappa shape index (κ1) is 14.3. The summed E-state index contributed by atoms with van der Waals surface area (Å²) in [5, 5.41) is 0. The van der Waals surface area contributed by atoms with E-state index in [1.165, 1.54) is 12.1 Å². The number of rotatable bonds is 1. The van der Waals surface area contributed by atoms with Gasteiger partial charge in [0.2, 0.25) is 0 Å².